The van der Waals surface area contributed by atoms with Crippen molar-refractivity contribution >= 4 is 17.3 Å². The normalized spacial score (nSPS) is 13.8. The minimum absolute atomic E-state index is 0.0974. The Hall–Kier alpha value is -2.34. The molecule has 1 aliphatic heterocycles. The van der Waals surface area contributed by atoms with E-state index >= 15 is 0 Å². The van der Waals surface area contributed by atoms with Gasteiger partial charge in [-0.25, -0.2) is 9.78 Å². The molecule has 5 nitrogen and oxygen atoms in total. The van der Waals surface area contributed by atoms with E-state index < -0.39 is 5.97 Å². The number of thiazole rings is 1. The first kappa shape index (κ1) is 14.6. The van der Waals surface area contributed by atoms with Crippen molar-refractivity contribution in [3.8, 4) is 10.6 Å². The summed E-state index contributed by atoms with van der Waals surface area (Å²) in [4.78, 5) is 16.2. The molecule has 22 heavy (non-hydrogen) atoms. The molecule has 2 aromatic rings. The second-order valence-electron chi connectivity index (χ2n) is 4.79. The third kappa shape index (κ3) is 3.46. The number of nitrogens with zero attached hydrogens (tertiary/aromatic N) is 1. The van der Waals surface area contributed by atoms with Crippen molar-refractivity contribution < 1.29 is 19.0 Å². The van der Waals surface area contributed by atoms with Crippen LogP contribution in [-0.2, 0) is 25.6 Å². The van der Waals surface area contributed by atoms with E-state index in [9.17, 15) is 4.79 Å². The molecule has 0 N–H and O–H groups in total. The summed E-state index contributed by atoms with van der Waals surface area (Å²) in [6, 6.07) is 8.15. The average Bonchev–Trinajstić information content (AvgIpc) is 3.03. The second-order valence-corrected chi connectivity index (χ2v) is 5.65. The number of hydrogen-bond acceptors (Lipinski definition) is 6. The summed E-state index contributed by atoms with van der Waals surface area (Å²) in [6.45, 7) is 2.96. The SMILES string of the molecule is Cc1ccc(-c2nc(COC(=O)C3=COCCO3)cs2)cc1. The molecule has 0 atom stereocenters. The monoisotopic (exact) mass is 317 g/mol. The van der Waals surface area contributed by atoms with E-state index in [1.54, 1.807) is 0 Å². The van der Waals surface area contributed by atoms with Crippen LogP contribution in [-0.4, -0.2) is 24.2 Å². The van der Waals surface area contributed by atoms with Gasteiger partial charge in [-0.15, -0.1) is 11.3 Å². The van der Waals surface area contributed by atoms with Gasteiger partial charge in [-0.1, -0.05) is 29.8 Å². The maximum Gasteiger partial charge on any atom is 0.377 e. The van der Waals surface area contributed by atoms with E-state index in [1.807, 2.05) is 36.6 Å². The number of aryl methyl sites for hydroxylation is 1. The van der Waals surface area contributed by atoms with Crippen LogP contribution in [0, 0.1) is 6.92 Å². The second kappa shape index (κ2) is 6.62. The summed E-state index contributed by atoms with van der Waals surface area (Å²) in [5.41, 5.74) is 2.98. The molecule has 6 heteroatoms. The van der Waals surface area contributed by atoms with Gasteiger partial charge in [0.1, 0.15) is 31.1 Å². The van der Waals surface area contributed by atoms with Crippen molar-refractivity contribution in [1.82, 2.24) is 4.98 Å². The zero-order valence-corrected chi connectivity index (χ0v) is 12.9. The lowest BCUT2D eigenvalue weighted by atomic mass is 10.2. The molecule has 0 saturated heterocycles. The Bertz CT molecular complexity index is 690. The standard InChI is InChI=1S/C16H15NO4S/c1-11-2-4-12(5-3-11)15-17-13(10-22-15)8-21-16(18)14-9-19-6-7-20-14/h2-5,9-10H,6-8H2,1H3. The Morgan fingerprint density at radius 2 is 2.14 bits per heavy atom. The van der Waals surface area contributed by atoms with Crippen molar-refractivity contribution in [1.29, 1.82) is 0 Å². The Morgan fingerprint density at radius 1 is 1.32 bits per heavy atom. The van der Waals surface area contributed by atoms with Gasteiger partial charge in [0.05, 0.1) is 5.69 Å². The molecule has 0 unspecified atom stereocenters. The lowest BCUT2D eigenvalue weighted by Gasteiger charge is -2.13. The number of esters is 1. The van der Waals surface area contributed by atoms with Gasteiger partial charge in [-0.3, -0.25) is 0 Å². The Balaban J connectivity index is 1.61. The van der Waals surface area contributed by atoms with E-state index in [1.165, 1.54) is 23.2 Å². The molecule has 0 bridgehead atoms. The van der Waals surface area contributed by atoms with Crippen LogP contribution >= 0.6 is 11.3 Å². The number of hydrogen-bond donors (Lipinski definition) is 0. The fourth-order valence-corrected chi connectivity index (χ4v) is 2.70. The summed E-state index contributed by atoms with van der Waals surface area (Å²) in [5.74, 6) is -0.440. The average molecular weight is 317 g/mol. The first-order chi connectivity index (χ1) is 10.7. The van der Waals surface area contributed by atoms with Crippen molar-refractivity contribution in [2.75, 3.05) is 13.2 Å². The number of benzene rings is 1. The van der Waals surface area contributed by atoms with Gasteiger partial charge < -0.3 is 14.2 Å². The molecule has 114 valence electrons. The smallest absolute Gasteiger partial charge is 0.377 e. The fourth-order valence-electron chi connectivity index (χ4n) is 1.89. The van der Waals surface area contributed by atoms with Crippen LogP contribution in [0.5, 0.6) is 0 Å². The number of aromatic nitrogens is 1. The van der Waals surface area contributed by atoms with Crippen molar-refractivity contribution in [3.05, 3.63) is 52.9 Å². The highest BCUT2D eigenvalue weighted by Crippen LogP contribution is 2.24. The zero-order chi connectivity index (χ0) is 15.4. The summed E-state index contributed by atoms with van der Waals surface area (Å²) in [5, 5.41) is 2.79. The molecule has 0 amide bonds. The number of carbonyl (C=O) groups is 1. The first-order valence-electron chi connectivity index (χ1n) is 6.85. The van der Waals surface area contributed by atoms with Crippen molar-refractivity contribution in [2.24, 2.45) is 0 Å². The molecular formula is C16H15NO4S. The van der Waals surface area contributed by atoms with Gasteiger partial charge in [0.15, 0.2) is 0 Å². The fraction of sp³-hybridized carbons (Fsp3) is 0.250. The summed E-state index contributed by atoms with van der Waals surface area (Å²) in [7, 11) is 0. The molecule has 1 aromatic heterocycles. The number of rotatable bonds is 4. The van der Waals surface area contributed by atoms with Gasteiger partial charge >= 0.3 is 5.97 Å². The molecule has 1 aliphatic rings. The number of carbonyl (C=O) groups excluding carboxylic acids is 1. The maximum absolute atomic E-state index is 11.8. The quantitative estimate of drug-likeness (QED) is 0.811. The van der Waals surface area contributed by atoms with Gasteiger partial charge in [0.2, 0.25) is 5.76 Å². The van der Waals surface area contributed by atoms with Crippen LogP contribution in [0.4, 0.5) is 0 Å². The molecule has 1 aromatic carbocycles. The van der Waals surface area contributed by atoms with Gasteiger partial charge in [0, 0.05) is 10.9 Å². The van der Waals surface area contributed by atoms with Crippen LogP contribution in [0.2, 0.25) is 0 Å². The van der Waals surface area contributed by atoms with Crippen molar-refractivity contribution in [3.63, 3.8) is 0 Å². The maximum atomic E-state index is 11.8. The summed E-state index contributed by atoms with van der Waals surface area (Å²) in [6.07, 6.45) is 1.28. The Kier molecular flexibility index (Phi) is 4.39. The third-order valence-electron chi connectivity index (χ3n) is 3.05. The van der Waals surface area contributed by atoms with E-state index in [0.29, 0.717) is 18.9 Å². The van der Waals surface area contributed by atoms with Crippen molar-refractivity contribution in [2.45, 2.75) is 13.5 Å². The molecule has 0 spiro atoms. The van der Waals surface area contributed by atoms with E-state index in [4.69, 9.17) is 14.2 Å². The van der Waals surface area contributed by atoms with Crippen LogP contribution < -0.4 is 0 Å². The van der Waals surface area contributed by atoms with Gasteiger partial charge in [-0.2, -0.15) is 0 Å². The molecule has 0 aliphatic carbocycles. The molecule has 0 radical (unpaired) electrons. The predicted octanol–water partition coefficient (Wildman–Crippen LogP) is 3.05. The largest absolute Gasteiger partial charge is 0.493 e. The summed E-state index contributed by atoms with van der Waals surface area (Å²) < 4.78 is 15.4. The number of ether oxygens (including phenoxy) is 3. The highest BCUT2D eigenvalue weighted by atomic mass is 32.1. The van der Waals surface area contributed by atoms with Crippen LogP contribution in [0.15, 0.2) is 41.7 Å². The minimum Gasteiger partial charge on any atom is -0.493 e. The molecular weight excluding hydrogens is 302 g/mol. The molecule has 3 rings (SSSR count). The highest BCUT2D eigenvalue weighted by Gasteiger charge is 2.17. The lowest BCUT2D eigenvalue weighted by Crippen LogP contribution is -2.17. The molecule has 2 heterocycles. The molecule has 0 fully saturated rings. The van der Waals surface area contributed by atoms with E-state index in [2.05, 4.69) is 4.98 Å². The topological polar surface area (TPSA) is 57.7 Å². The minimum atomic E-state index is -0.537. The molecule has 0 saturated carbocycles. The van der Waals surface area contributed by atoms with E-state index in [0.717, 1.165) is 10.6 Å². The Labute approximate surface area is 132 Å². The van der Waals surface area contributed by atoms with E-state index in [-0.39, 0.29) is 12.4 Å². The van der Waals surface area contributed by atoms with Gasteiger partial charge in [0.25, 0.3) is 0 Å². The summed E-state index contributed by atoms with van der Waals surface area (Å²) >= 11 is 1.52. The van der Waals surface area contributed by atoms with Crippen LogP contribution in [0.3, 0.4) is 0 Å². The third-order valence-corrected chi connectivity index (χ3v) is 3.99. The van der Waals surface area contributed by atoms with Gasteiger partial charge in [-0.05, 0) is 6.92 Å². The van der Waals surface area contributed by atoms with Crippen LogP contribution in [0.25, 0.3) is 10.6 Å². The van der Waals surface area contributed by atoms with Crippen LogP contribution in [0.1, 0.15) is 11.3 Å². The lowest BCUT2D eigenvalue weighted by molar-refractivity contribution is -0.146. The Morgan fingerprint density at radius 3 is 2.86 bits per heavy atom. The highest BCUT2D eigenvalue weighted by molar-refractivity contribution is 7.13. The first-order valence-corrected chi connectivity index (χ1v) is 7.73. The zero-order valence-electron chi connectivity index (χ0n) is 12.1. The predicted molar refractivity (Wildman–Crippen MR) is 82.1 cm³/mol.